The molecule has 0 aliphatic carbocycles. The number of carbonyl (C=O) groups is 2. The molecule has 1 aromatic rings. The second-order valence-electron chi connectivity index (χ2n) is 4.05. The summed E-state index contributed by atoms with van der Waals surface area (Å²) in [7, 11) is 0. The standard InChI is InChI=1S/C15H19NO2/c1-3-13(11-14(17)4-2)16-15(18)10-12-8-6-5-7-9-12/h5-9,11H,3-4,10H2,1-2H3,(H,16,18)/b13-11+. The van der Waals surface area contributed by atoms with Gasteiger partial charge in [0.2, 0.25) is 5.91 Å². The minimum atomic E-state index is -0.0850. The zero-order valence-electron chi connectivity index (χ0n) is 10.9. The van der Waals surface area contributed by atoms with Crippen LogP contribution in [0.2, 0.25) is 0 Å². The molecule has 0 bridgehead atoms. The predicted molar refractivity (Wildman–Crippen MR) is 72.0 cm³/mol. The van der Waals surface area contributed by atoms with E-state index in [1.807, 2.05) is 37.3 Å². The van der Waals surface area contributed by atoms with E-state index >= 15 is 0 Å². The highest BCUT2D eigenvalue weighted by Crippen LogP contribution is 2.02. The van der Waals surface area contributed by atoms with E-state index in [1.165, 1.54) is 6.08 Å². The molecule has 1 amide bonds. The van der Waals surface area contributed by atoms with Gasteiger partial charge in [0.25, 0.3) is 0 Å². The van der Waals surface area contributed by atoms with Crippen LogP contribution >= 0.6 is 0 Å². The smallest absolute Gasteiger partial charge is 0.228 e. The number of allylic oxidation sites excluding steroid dienone is 2. The predicted octanol–water partition coefficient (Wildman–Crippen LogP) is 2.62. The third-order valence-electron chi connectivity index (χ3n) is 2.57. The molecule has 0 saturated heterocycles. The lowest BCUT2D eigenvalue weighted by molar-refractivity contribution is -0.119. The van der Waals surface area contributed by atoms with E-state index in [0.717, 1.165) is 5.56 Å². The van der Waals surface area contributed by atoms with Gasteiger partial charge in [0.15, 0.2) is 5.78 Å². The molecule has 0 radical (unpaired) electrons. The number of nitrogens with one attached hydrogen (secondary N) is 1. The Balaban J connectivity index is 2.58. The van der Waals surface area contributed by atoms with E-state index in [9.17, 15) is 9.59 Å². The molecule has 0 spiro atoms. The maximum Gasteiger partial charge on any atom is 0.228 e. The van der Waals surface area contributed by atoms with E-state index in [-0.39, 0.29) is 11.7 Å². The van der Waals surface area contributed by atoms with Crippen LogP contribution in [0.1, 0.15) is 32.3 Å². The van der Waals surface area contributed by atoms with Crippen molar-refractivity contribution in [2.75, 3.05) is 0 Å². The van der Waals surface area contributed by atoms with Crippen molar-refractivity contribution >= 4 is 11.7 Å². The summed E-state index contributed by atoms with van der Waals surface area (Å²) in [5.74, 6) is -0.0509. The zero-order valence-corrected chi connectivity index (χ0v) is 10.9. The van der Waals surface area contributed by atoms with Gasteiger partial charge in [-0.05, 0) is 12.0 Å². The summed E-state index contributed by atoms with van der Waals surface area (Å²) in [5, 5.41) is 2.78. The van der Waals surface area contributed by atoms with Gasteiger partial charge in [0.05, 0.1) is 6.42 Å². The molecule has 3 heteroatoms. The summed E-state index contributed by atoms with van der Waals surface area (Å²) in [5.41, 5.74) is 1.65. The molecular weight excluding hydrogens is 226 g/mol. The van der Waals surface area contributed by atoms with Gasteiger partial charge in [0.1, 0.15) is 0 Å². The fourth-order valence-electron chi connectivity index (χ4n) is 1.53. The van der Waals surface area contributed by atoms with Crippen molar-refractivity contribution in [1.82, 2.24) is 5.32 Å². The minimum absolute atomic E-state index is 0.0341. The summed E-state index contributed by atoms with van der Waals surface area (Å²) in [6.07, 6.45) is 2.95. The minimum Gasteiger partial charge on any atom is -0.329 e. The first-order chi connectivity index (χ1) is 8.65. The first-order valence-corrected chi connectivity index (χ1v) is 6.22. The second kappa shape index (κ2) is 7.43. The topological polar surface area (TPSA) is 46.2 Å². The Morgan fingerprint density at radius 2 is 1.78 bits per heavy atom. The van der Waals surface area contributed by atoms with Crippen molar-refractivity contribution in [3.05, 3.63) is 47.7 Å². The molecule has 18 heavy (non-hydrogen) atoms. The number of ketones is 1. The van der Waals surface area contributed by atoms with Crippen molar-refractivity contribution in [2.45, 2.75) is 33.1 Å². The quantitative estimate of drug-likeness (QED) is 0.783. The molecule has 1 N–H and O–H groups in total. The summed E-state index contributed by atoms with van der Waals surface area (Å²) < 4.78 is 0. The molecule has 0 aromatic heterocycles. The fourth-order valence-corrected chi connectivity index (χ4v) is 1.53. The van der Waals surface area contributed by atoms with Crippen molar-refractivity contribution in [2.24, 2.45) is 0 Å². The average Bonchev–Trinajstić information content (AvgIpc) is 2.38. The van der Waals surface area contributed by atoms with Crippen LogP contribution in [0.4, 0.5) is 0 Å². The van der Waals surface area contributed by atoms with E-state index in [2.05, 4.69) is 5.32 Å². The highest BCUT2D eigenvalue weighted by atomic mass is 16.1. The van der Waals surface area contributed by atoms with Gasteiger partial charge in [-0.1, -0.05) is 44.2 Å². The average molecular weight is 245 g/mol. The number of amides is 1. The molecule has 0 saturated carbocycles. The monoisotopic (exact) mass is 245 g/mol. The normalized spacial score (nSPS) is 11.1. The lowest BCUT2D eigenvalue weighted by Gasteiger charge is -2.07. The molecule has 1 aromatic carbocycles. The van der Waals surface area contributed by atoms with Gasteiger partial charge in [-0.2, -0.15) is 0 Å². The summed E-state index contributed by atoms with van der Waals surface area (Å²) >= 11 is 0. The molecule has 0 fully saturated rings. The molecule has 0 heterocycles. The van der Waals surface area contributed by atoms with E-state index in [1.54, 1.807) is 6.92 Å². The van der Waals surface area contributed by atoms with Gasteiger partial charge in [-0.25, -0.2) is 0 Å². The number of hydrogen-bond acceptors (Lipinski definition) is 2. The first kappa shape index (κ1) is 14.2. The number of benzene rings is 1. The Labute approximate surface area is 108 Å². The second-order valence-corrected chi connectivity index (χ2v) is 4.05. The Kier molecular flexibility index (Phi) is 5.85. The Morgan fingerprint density at radius 3 is 2.33 bits per heavy atom. The van der Waals surface area contributed by atoms with Crippen molar-refractivity contribution in [1.29, 1.82) is 0 Å². The maximum absolute atomic E-state index is 11.8. The molecule has 3 nitrogen and oxygen atoms in total. The lowest BCUT2D eigenvalue weighted by Crippen LogP contribution is -2.24. The number of rotatable bonds is 6. The highest BCUT2D eigenvalue weighted by Gasteiger charge is 2.05. The van der Waals surface area contributed by atoms with Crippen molar-refractivity contribution in [3.8, 4) is 0 Å². The van der Waals surface area contributed by atoms with Crippen LogP contribution in [-0.4, -0.2) is 11.7 Å². The Morgan fingerprint density at radius 1 is 1.11 bits per heavy atom. The van der Waals surface area contributed by atoms with Gasteiger partial charge in [-0.3, -0.25) is 9.59 Å². The molecule has 0 aliphatic rings. The zero-order chi connectivity index (χ0) is 13.4. The Hall–Kier alpha value is -1.90. The molecule has 96 valence electrons. The maximum atomic E-state index is 11.8. The fraction of sp³-hybridized carbons (Fsp3) is 0.333. The van der Waals surface area contributed by atoms with Crippen LogP contribution < -0.4 is 5.32 Å². The number of hydrogen-bond donors (Lipinski definition) is 1. The molecule has 1 rings (SSSR count). The van der Waals surface area contributed by atoms with E-state index in [4.69, 9.17) is 0 Å². The van der Waals surface area contributed by atoms with Crippen LogP contribution in [0.15, 0.2) is 42.1 Å². The van der Waals surface area contributed by atoms with E-state index in [0.29, 0.717) is 25.0 Å². The third-order valence-corrected chi connectivity index (χ3v) is 2.57. The SMILES string of the molecule is CCC(=O)/C=C(\CC)NC(=O)Cc1ccccc1. The highest BCUT2D eigenvalue weighted by molar-refractivity contribution is 5.91. The lowest BCUT2D eigenvalue weighted by atomic mass is 10.1. The Bertz CT molecular complexity index is 435. The molecule has 0 aliphatic heterocycles. The van der Waals surface area contributed by atoms with Crippen LogP contribution in [-0.2, 0) is 16.0 Å². The third kappa shape index (κ3) is 4.95. The van der Waals surface area contributed by atoms with Crippen LogP contribution in [0.3, 0.4) is 0 Å². The van der Waals surface area contributed by atoms with Crippen molar-refractivity contribution < 1.29 is 9.59 Å². The molecule has 0 unspecified atom stereocenters. The van der Waals surface area contributed by atoms with Gasteiger partial charge in [-0.15, -0.1) is 0 Å². The summed E-state index contributed by atoms with van der Waals surface area (Å²) in [6.45, 7) is 3.72. The largest absolute Gasteiger partial charge is 0.329 e. The number of carbonyl (C=O) groups excluding carboxylic acids is 2. The van der Waals surface area contributed by atoms with Crippen molar-refractivity contribution in [3.63, 3.8) is 0 Å². The summed E-state index contributed by atoms with van der Waals surface area (Å²) in [4.78, 5) is 23.1. The summed E-state index contributed by atoms with van der Waals surface area (Å²) in [6, 6.07) is 9.54. The molecule has 0 atom stereocenters. The van der Waals surface area contributed by atoms with Crippen LogP contribution in [0.25, 0.3) is 0 Å². The first-order valence-electron chi connectivity index (χ1n) is 6.22. The van der Waals surface area contributed by atoms with Gasteiger partial charge >= 0.3 is 0 Å². The molecular formula is C15H19NO2. The van der Waals surface area contributed by atoms with Gasteiger partial charge in [0, 0.05) is 18.2 Å². The van der Waals surface area contributed by atoms with Gasteiger partial charge < -0.3 is 5.32 Å². The van der Waals surface area contributed by atoms with Crippen LogP contribution in [0.5, 0.6) is 0 Å². The van der Waals surface area contributed by atoms with E-state index < -0.39 is 0 Å². The van der Waals surface area contributed by atoms with Crippen LogP contribution in [0, 0.1) is 0 Å².